The molecule has 2 N–H and O–H groups in total. The highest BCUT2D eigenvalue weighted by atomic mass is 14.8. The summed E-state index contributed by atoms with van der Waals surface area (Å²) in [5.74, 6) is 0.577. The quantitative estimate of drug-likeness (QED) is 0.720. The fourth-order valence-electron chi connectivity index (χ4n) is 1.24. The zero-order chi connectivity index (χ0) is 12.6. The van der Waals surface area contributed by atoms with Gasteiger partial charge in [-0.05, 0) is 30.7 Å². The average molecular weight is 218 g/mol. The van der Waals surface area contributed by atoms with Gasteiger partial charge in [-0.3, -0.25) is 0 Å². The third-order valence-corrected chi connectivity index (χ3v) is 1.87. The first-order valence-corrected chi connectivity index (χ1v) is 5.88. The van der Waals surface area contributed by atoms with E-state index in [1.54, 1.807) is 0 Å². The van der Waals surface area contributed by atoms with Gasteiger partial charge in [0, 0.05) is 5.39 Å². The zero-order valence-electron chi connectivity index (χ0n) is 10.9. The Labute approximate surface area is 98.5 Å². The van der Waals surface area contributed by atoms with Gasteiger partial charge in [0.15, 0.2) is 0 Å². The Kier molecular flexibility index (Phi) is 6.93. The summed E-state index contributed by atoms with van der Waals surface area (Å²) < 4.78 is 0. The first kappa shape index (κ1) is 14.4. The number of nitrogens with zero attached hydrogens (tertiary/aromatic N) is 1. The molecule has 0 fully saturated rings. The van der Waals surface area contributed by atoms with Gasteiger partial charge in [-0.2, -0.15) is 0 Å². The Morgan fingerprint density at radius 3 is 2.12 bits per heavy atom. The molecule has 1 heterocycles. The van der Waals surface area contributed by atoms with Gasteiger partial charge in [-0.15, -0.1) is 0 Å². The number of rotatable bonds is 0. The van der Waals surface area contributed by atoms with Gasteiger partial charge in [0.1, 0.15) is 5.82 Å². The van der Waals surface area contributed by atoms with E-state index in [1.807, 2.05) is 52.8 Å². The van der Waals surface area contributed by atoms with Crippen molar-refractivity contribution >= 4 is 16.7 Å². The van der Waals surface area contributed by atoms with Gasteiger partial charge >= 0.3 is 0 Å². The molecule has 0 spiro atoms. The van der Waals surface area contributed by atoms with E-state index in [-0.39, 0.29) is 0 Å². The number of aryl methyl sites for hydroxylation is 1. The summed E-state index contributed by atoms with van der Waals surface area (Å²) in [6, 6.07) is 9.96. The normalized spacial score (nSPS) is 8.56. The minimum atomic E-state index is 0.577. The van der Waals surface area contributed by atoms with E-state index in [9.17, 15) is 0 Å². The molecule has 0 radical (unpaired) electrons. The number of hydrogen-bond acceptors (Lipinski definition) is 2. The summed E-state index contributed by atoms with van der Waals surface area (Å²) in [5.41, 5.74) is 7.74. The van der Waals surface area contributed by atoms with Crippen LogP contribution in [0.4, 0.5) is 5.82 Å². The lowest BCUT2D eigenvalue weighted by atomic mass is 10.1. The van der Waals surface area contributed by atoms with E-state index in [2.05, 4.69) is 17.1 Å². The van der Waals surface area contributed by atoms with Crippen LogP contribution in [0.3, 0.4) is 0 Å². The molecule has 1 aromatic heterocycles. The number of nitrogens with two attached hydrogens (primary N) is 1. The van der Waals surface area contributed by atoms with E-state index >= 15 is 0 Å². The van der Waals surface area contributed by atoms with E-state index in [0.717, 1.165) is 10.9 Å². The number of fused-ring (bicyclic) bond motifs is 1. The second-order valence-corrected chi connectivity index (χ2v) is 2.93. The highest BCUT2D eigenvalue weighted by Crippen LogP contribution is 2.14. The fourth-order valence-corrected chi connectivity index (χ4v) is 1.24. The van der Waals surface area contributed by atoms with Gasteiger partial charge in [-0.25, -0.2) is 4.98 Å². The summed E-state index contributed by atoms with van der Waals surface area (Å²) in [4.78, 5) is 4.21. The van der Waals surface area contributed by atoms with Crippen LogP contribution in [-0.2, 0) is 0 Å². The first-order chi connectivity index (χ1) is 7.75. The lowest BCUT2D eigenvalue weighted by molar-refractivity contribution is 1.39. The molecule has 0 saturated carbocycles. The molecule has 0 amide bonds. The third-order valence-electron chi connectivity index (χ3n) is 1.87. The summed E-state index contributed by atoms with van der Waals surface area (Å²) in [6.45, 7) is 10.0. The molecule has 2 nitrogen and oxygen atoms in total. The molecular weight excluding hydrogens is 196 g/mol. The van der Waals surface area contributed by atoms with Crippen LogP contribution in [0.15, 0.2) is 30.3 Å². The Hall–Kier alpha value is -1.57. The molecule has 0 saturated heterocycles. The van der Waals surface area contributed by atoms with Crippen molar-refractivity contribution in [3.05, 3.63) is 35.9 Å². The van der Waals surface area contributed by atoms with Crippen molar-refractivity contribution in [1.29, 1.82) is 0 Å². The number of nitrogen functional groups attached to an aromatic ring is 1. The van der Waals surface area contributed by atoms with Crippen LogP contribution in [0.25, 0.3) is 10.9 Å². The maximum absolute atomic E-state index is 5.56. The van der Waals surface area contributed by atoms with Crippen LogP contribution in [0.1, 0.15) is 33.3 Å². The van der Waals surface area contributed by atoms with Crippen molar-refractivity contribution in [1.82, 2.24) is 4.98 Å². The largest absolute Gasteiger partial charge is 0.384 e. The topological polar surface area (TPSA) is 38.9 Å². The minimum absolute atomic E-state index is 0.577. The second kappa shape index (κ2) is 7.69. The molecular formula is C14H22N2. The summed E-state index contributed by atoms with van der Waals surface area (Å²) >= 11 is 0. The van der Waals surface area contributed by atoms with E-state index in [0.29, 0.717) is 5.82 Å². The second-order valence-electron chi connectivity index (χ2n) is 2.93. The average Bonchev–Trinajstić information content (AvgIpc) is 2.33. The molecule has 0 aliphatic rings. The molecule has 2 heteroatoms. The van der Waals surface area contributed by atoms with Crippen LogP contribution < -0.4 is 5.73 Å². The van der Waals surface area contributed by atoms with Crippen molar-refractivity contribution in [2.75, 3.05) is 5.73 Å². The number of aromatic nitrogens is 1. The molecule has 16 heavy (non-hydrogen) atoms. The van der Waals surface area contributed by atoms with E-state index in [1.165, 1.54) is 5.56 Å². The maximum Gasteiger partial charge on any atom is 0.124 e. The van der Waals surface area contributed by atoms with Gasteiger partial charge in [0.2, 0.25) is 0 Å². The van der Waals surface area contributed by atoms with Crippen LogP contribution >= 0.6 is 0 Å². The number of pyridine rings is 1. The van der Waals surface area contributed by atoms with Gasteiger partial charge < -0.3 is 5.73 Å². The van der Waals surface area contributed by atoms with E-state index in [4.69, 9.17) is 5.73 Å². The lowest BCUT2D eigenvalue weighted by Gasteiger charge is -1.98. The molecule has 2 rings (SSSR count). The molecule has 1 aromatic carbocycles. The highest BCUT2D eigenvalue weighted by molar-refractivity contribution is 5.80. The number of hydrogen-bond donors (Lipinski definition) is 1. The standard InChI is InChI=1S/C10H10N2.2C2H6/c1-7-2-3-8-4-5-10(11)12-9(8)6-7;2*1-2/h2-6H,1H3,(H2,11,12);2*1-2H3. The Morgan fingerprint density at radius 1 is 0.938 bits per heavy atom. The van der Waals surface area contributed by atoms with Gasteiger partial charge in [-0.1, -0.05) is 39.8 Å². The molecule has 2 aromatic rings. The highest BCUT2D eigenvalue weighted by Gasteiger charge is 1.94. The zero-order valence-corrected chi connectivity index (χ0v) is 10.9. The van der Waals surface area contributed by atoms with Crippen molar-refractivity contribution in [2.24, 2.45) is 0 Å². The van der Waals surface area contributed by atoms with E-state index < -0.39 is 0 Å². The summed E-state index contributed by atoms with van der Waals surface area (Å²) in [5, 5.41) is 1.13. The first-order valence-electron chi connectivity index (χ1n) is 5.88. The molecule has 0 aliphatic heterocycles. The predicted octanol–water partition coefficient (Wildman–Crippen LogP) is 4.18. The fraction of sp³-hybridized carbons (Fsp3) is 0.357. The van der Waals surface area contributed by atoms with Crippen LogP contribution in [0.2, 0.25) is 0 Å². The molecule has 0 bridgehead atoms. The number of anilines is 1. The SMILES string of the molecule is CC.CC.Cc1ccc2ccc(N)nc2c1. The lowest BCUT2D eigenvalue weighted by Crippen LogP contribution is -1.89. The Balaban J connectivity index is 0.000000509. The summed E-state index contributed by atoms with van der Waals surface area (Å²) in [7, 11) is 0. The Bertz CT molecular complexity index is 385. The smallest absolute Gasteiger partial charge is 0.124 e. The van der Waals surface area contributed by atoms with Crippen LogP contribution in [0, 0.1) is 6.92 Å². The van der Waals surface area contributed by atoms with Crippen molar-refractivity contribution < 1.29 is 0 Å². The van der Waals surface area contributed by atoms with Crippen LogP contribution in [-0.4, -0.2) is 4.98 Å². The number of benzene rings is 1. The summed E-state index contributed by atoms with van der Waals surface area (Å²) in [6.07, 6.45) is 0. The van der Waals surface area contributed by atoms with Crippen molar-refractivity contribution in [2.45, 2.75) is 34.6 Å². The Morgan fingerprint density at radius 2 is 1.50 bits per heavy atom. The van der Waals surface area contributed by atoms with Gasteiger partial charge in [0.05, 0.1) is 5.52 Å². The third kappa shape index (κ3) is 3.89. The molecule has 88 valence electrons. The monoisotopic (exact) mass is 218 g/mol. The van der Waals surface area contributed by atoms with Gasteiger partial charge in [0.25, 0.3) is 0 Å². The molecule has 0 unspecified atom stereocenters. The maximum atomic E-state index is 5.56. The predicted molar refractivity (Wildman–Crippen MR) is 73.6 cm³/mol. The molecule has 0 aliphatic carbocycles. The van der Waals surface area contributed by atoms with Crippen molar-refractivity contribution in [3.8, 4) is 0 Å². The van der Waals surface area contributed by atoms with Crippen LogP contribution in [0.5, 0.6) is 0 Å². The van der Waals surface area contributed by atoms with Crippen molar-refractivity contribution in [3.63, 3.8) is 0 Å². The minimum Gasteiger partial charge on any atom is -0.384 e. The molecule has 0 atom stereocenters.